The summed E-state index contributed by atoms with van der Waals surface area (Å²) in [5, 5.41) is 15.9. The molecule has 0 unspecified atom stereocenters. The van der Waals surface area contributed by atoms with E-state index in [1.165, 1.54) is 0 Å². The summed E-state index contributed by atoms with van der Waals surface area (Å²) in [5.41, 5.74) is 0.156. The smallest absolute Gasteiger partial charge is 0.240 e. The zero-order valence-electron chi connectivity index (χ0n) is 10.1. The van der Waals surface area contributed by atoms with Crippen molar-refractivity contribution < 1.29 is 4.79 Å². The lowest BCUT2D eigenvalue weighted by molar-refractivity contribution is -0.134. The van der Waals surface area contributed by atoms with Crippen molar-refractivity contribution in [1.29, 1.82) is 5.26 Å². The van der Waals surface area contributed by atoms with Gasteiger partial charge in [0.05, 0.1) is 12.3 Å². The van der Waals surface area contributed by atoms with Gasteiger partial charge in [-0.25, -0.2) is 0 Å². The van der Waals surface area contributed by atoms with Crippen LogP contribution in [0.4, 0.5) is 0 Å². The van der Waals surface area contributed by atoms with Crippen LogP contribution in [0.2, 0.25) is 0 Å². The fourth-order valence-electron chi connectivity index (χ4n) is 2.37. The summed E-state index contributed by atoms with van der Waals surface area (Å²) in [7, 11) is 1.83. The first-order valence-corrected chi connectivity index (χ1v) is 5.73. The van der Waals surface area contributed by atoms with Crippen LogP contribution in [0.3, 0.4) is 0 Å². The average molecular weight is 232 g/mol. The number of hydrogen-bond acceptors (Lipinski definition) is 3. The molecule has 1 aliphatic rings. The topological polar surface area (TPSA) is 70.7 Å². The van der Waals surface area contributed by atoms with Crippen molar-refractivity contribution in [3.8, 4) is 6.07 Å². The lowest BCUT2D eigenvalue weighted by Gasteiger charge is -2.39. The monoisotopic (exact) mass is 232 g/mol. The number of rotatable bonds is 3. The van der Waals surface area contributed by atoms with Crippen LogP contribution in [0, 0.1) is 22.7 Å². The Balaban J connectivity index is 1.92. The number of aromatic nitrogens is 2. The summed E-state index contributed by atoms with van der Waals surface area (Å²) in [6.07, 6.45) is 4.90. The highest BCUT2D eigenvalue weighted by atomic mass is 16.2. The van der Waals surface area contributed by atoms with Crippen molar-refractivity contribution in [3.63, 3.8) is 0 Å². The number of nitrogens with one attached hydrogen (secondary N) is 1. The van der Waals surface area contributed by atoms with Gasteiger partial charge in [0.1, 0.15) is 5.41 Å². The predicted molar refractivity (Wildman–Crippen MR) is 61.5 cm³/mol. The lowest BCUT2D eigenvalue weighted by Crippen LogP contribution is -2.47. The highest BCUT2D eigenvalue weighted by molar-refractivity contribution is 5.86. The van der Waals surface area contributed by atoms with Crippen LogP contribution >= 0.6 is 0 Å². The maximum absolute atomic E-state index is 11.9. The van der Waals surface area contributed by atoms with Gasteiger partial charge in [-0.1, -0.05) is 6.92 Å². The molecule has 1 amide bonds. The Morgan fingerprint density at radius 1 is 1.76 bits per heavy atom. The van der Waals surface area contributed by atoms with E-state index in [9.17, 15) is 4.79 Å². The summed E-state index contributed by atoms with van der Waals surface area (Å²) in [5.74, 6) is 0.320. The number of nitrogens with zero attached hydrogens (tertiary/aromatic N) is 3. The molecule has 17 heavy (non-hydrogen) atoms. The fraction of sp³-hybridized carbons (Fsp3) is 0.583. The van der Waals surface area contributed by atoms with E-state index in [1.807, 2.05) is 13.2 Å². The Bertz CT molecular complexity index is 465. The Labute approximate surface area is 100 Å². The SMILES string of the molecule is CC1CC(C#N)(C(=O)NCc2cnn(C)c2)C1. The summed E-state index contributed by atoms with van der Waals surface area (Å²) in [4.78, 5) is 11.9. The van der Waals surface area contributed by atoms with Gasteiger partial charge in [-0.15, -0.1) is 0 Å². The van der Waals surface area contributed by atoms with Crippen LogP contribution in [0.25, 0.3) is 0 Å². The van der Waals surface area contributed by atoms with E-state index in [-0.39, 0.29) is 5.91 Å². The van der Waals surface area contributed by atoms with E-state index in [0.717, 1.165) is 5.56 Å². The van der Waals surface area contributed by atoms with Crippen LogP contribution in [0.5, 0.6) is 0 Å². The summed E-state index contributed by atoms with van der Waals surface area (Å²) in [6.45, 7) is 2.49. The third-order valence-electron chi connectivity index (χ3n) is 3.25. The van der Waals surface area contributed by atoms with Gasteiger partial charge in [0, 0.05) is 25.4 Å². The molecule has 0 bridgehead atoms. The zero-order chi connectivity index (χ0) is 12.5. The average Bonchev–Trinajstić information content (AvgIpc) is 2.67. The van der Waals surface area contributed by atoms with E-state index < -0.39 is 5.41 Å². The molecule has 1 aromatic heterocycles. The predicted octanol–water partition coefficient (Wildman–Crippen LogP) is 0.976. The van der Waals surface area contributed by atoms with E-state index in [2.05, 4.69) is 23.4 Å². The molecule has 1 saturated carbocycles. The first-order chi connectivity index (χ1) is 8.05. The molecule has 0 saturated heterocycles. The van der Waals surface area contributed by atoms with Crippen LogP contribution in [-0.2, 0) is 18.4 Å². The number of carbonyl (C=O) groups is 1. The Morgan fingerprint density at radius 2 is 2.47 bits per heavy atom. The van der Waals surface area contributed by atoms with Gasteiger partial charge in [0.2, 0.25) is 5.91 Å². The van der Waals surface area contributed by atoms with Crippen LogP contribution in [0.15, 0.2) is 12.4 Å². The third-order valence-corrected chi connectivity index (χ3v) is 3.25. The number of amides is 1. The minimum atomic E-state index is -0.790. The van der Waals surface area contributed by atoms with Gasteiger partial charge in [0.25, 0.3) is 0 Å². The number of carbonyl (C=O) groups excluding carboxylic acids is 1. The largest absolute Gasteiger partial charge is 0.351 e. The van der Waals surface area contributed by atoms with Gasteiger partial charge >= 0.3 is 0 Å². The lowest BCUT2D eigenvalue weighted by atomic mass is 9.63. The maximum Gasteiger partial charge on any atom is 0.240 e. The molecule has 0 aromatic carbocycles. The molecule has 1 N–H and O–H groups in total. The Hall–Kier alpha value is -1.83. The Kier molecular flexibility index (Phi) is 2.88. The summed E-state index contributed by atoms with van der Waals surface area (Å²) < 4.78 is 1.69. The number of hydrogen-bond donors (Lipinski definition) is 1. The van der Waals surface area contributed by atoms with Crippen LogP contribution < -0.4 is 5.32 Å². The van der Waals surface area contributed by atoms with Crippen molar-refractivity contribution in [2.45, 2.75) is 26.3 Å². The maximum atomic E-state index is 11.9. The molecule has 0 radical (unpaired) electrons. The van der Waals surface area contributed by atoms with Crippen molar-refractivity contribution in [3.05, 3.63) is 18.0 Å². The molecular weight excluding hydrogens is 216 g/mol. The van der Waals surface area contributed by atoms with Gasteiger partial charge in [-0.2, -0.15) is 10.4 Å². The molecule has 5 nitrogen and oxygen atoms in total. The van der Waals surface area contributed by atoms with Gasteiger partial charge in [0.15, 0.2) is 0 Å². The Morgan fingerprint density at radius 3 is 2.94 bits per heavy atom. The highest BCUT2D eigenvalue weighted by Gasteiger charge is 2.48. The highest BCUT2D eigenvalue weighted by Crippen LogP contribution is 2.45. The fourth-order valence-corrected chi connectivity index (χ4v) is 2.37. The molecular formula is C12H16N4O. The van der Waals surface area contributed by atoms with Crippen molar-refractivity contribution in [2.75, 3.05) is 0 Å². The second-order valence-corrected chi connectivity index (χ2v) is 4.91. The molecule has 2 rings (SSSR count). The minimum absolute atomic E-state index is 0.151. The molecule has 5 heteroatoms. The first-order valence-electron chi connectivity index (χ1n) is 5.73. The van der Waals surface area contributed by atoms with E-state index >= 15 is 0 Å². The molecule has 1 heterocycles. The standard InChI is InChI=1S/C12H16N4O/c1-9-3-12(4-9,8-13)11(17)14-5-10-6-15-16(2)7-10/h6-7,9H,3-5H2,1-2H3,(H,14,17). The molecule has 0 aliphatic heterocycles. The number of aryl methyl sites for hydroxylation is 1. The van der Waals surface area contributed by atoms with Gasteiger partial charge in [-0.3, -0.25) is 9.48 Å². The molecule has 0 spiro atoms. The molecule has 1 fully saturated rings. The van der Waals surface area contributed by atoms with Gasteiger partial charge in [-0.05, 0) is 18.8 Å². The second kappa shape index (κ2) is 4.21. The first kappa shape index (κ1) is 11.6. The zero-order valence-corrected chi connectivity index (χ0v) is 10.1. The van der Waals surface area contributed by atoms with E-state index in [0.29, 0.717) is 25.3 Å². The third kappa shape index (κ3) is 2.16. The van der Waals surface area contributed by atoms with Gasteiger partial charge < -0.3 is 5.32 Å². The molecule has 0 atom stereocenters. The summed E-state index contributed by atoms with van der Waals surface area (Å²) >= 11 is 0. The number of nitriles is 1. The van der Waals surface area contributed by atoms with Crippen molar-refractivity contribution in [2.24, 2.45) is 18.4 Å². The van der Waals surface area contributed by atoms with Crippen LogP contribution in [-0.4, -0.2) is 15.7 Å². The molecule has 1 aliphatic carbocycles. The van der Waals surface area contributed by atoms with E-state index in [4.69, 9.17) is 5.26 Å². The van der Waals surface area contributed by atoms with E-state index in [1.54, 1.807) is 10.9 Å². The quantitative estimate of drug-likeness (QED) is 0.844. The minimum Gasteiger partial charge on any atom is -0.351 e. The summed E-state index contributed by atoms with van der Waals surface area (Å²) in [6, 6.07) is 2.15. The van der Waals surface area contributed by atoms with Crippen molar-refractivity contribution in [1.82, 2.24) is 15.1 Å². The van der Waals surface area contributed by atoms with Crippen molar-refractivity contribution >= 4 is 5.91 Å². The normalized spacial score (nSPS) is 27.0. The second-order valence-electron chi connectivity index (χ2n) is 4.91. The molecule has 90 valence electrons. The van der Waals surface area contributed by atoms with Crippen LogP contribution in [0.1, 0.15) is 25.3 Å². The molecule has 1 aromatic rings.